The van der Waals surface area contributed by atoms with Gasteiger partial charge in [-0.05, 0) is 48.2 Å². The van der Waals surface area contributed by atoms with E-state index in [0.717, 1.165) is 41.5 Å². The van der Waals surface area contributed by atoms with Crippen LogP contribution in [-0.4, -0.2) is 46.3 Å². The Bertz CT molecular complexity index is 979. The van der Waals surface area contributed by atoms with Gasteiger partial charge in [0.1, 0.15) is 0 Å². The summed E-state index contributed by atoms with van der Waals surface area (Å²) in [4.78, 5) is 33.3. The number of amides is 2. The van der Waals surface area contributed by atoms with Crippen LogP contribution in [-0.2, 0) is 4.79 Å². The van der Waals surface area contributed by atoms with Crippen molar-refractivity contribution < 1.29 is 9.59 Å². The summed E-state index contributed by atoms with van der Waals surface area (Å²) >= 11 is 0. The molecule has 0 radical (unpaired) electrons. The summed E-state index contributed by atoms with van der Waals surface area (Å²) in [5.74, 6) is 0.135. The molecule has 1 aliphatic heterocycles. The number of carbonyl (C=O) groups is 2. The van der Waals surface area contributed by atoms with Crippen LogP contribution < -0.4 is 5.32 Å². The lowest BCUT2D eigenvalue weighted by Crippen LogP contribution is -2.30. The average molecular weight is 362 g/mol. The molecule has 3 aromatic rings. The molecular weight excluding hydrogens is 340 g/mol. The van der Waals surface area contributed by atoms with Crippen molar-refractivity contribution in [3.05, 3.63) is 54.4 Å². The highest BCUT2D eigenvalue weighted by molar-refractivity contribution is 5.95. The van der Waals surface area contributed by atoms with Gasteiger partial charge in [0, 0.05) is 31.6 Å². The molecule has 27 heavy (non-hydrogen) atoms. The normalized spacial score (nSPS) is 14.1. The molecule has 2 N–H and O–H groups in total. The van der Waals surface area contributed by atoms with Gasteiger partial charge in [-0.1, -0.05) is 18.2 Å². The molecule has 0 spiro atoms. The third-order valence-electron chi connectivity index (χ3n) is 4.94. The zero-order chi connectivity index (χ0) is 18.6. The van der Waals surface area contributed by atoms with E-state index >= 15 is 0 Å². The maximum atomic E-state index is 12.5. The highest BCUT2D eigenvalue weighted by atomic mass is 16.2. The van der Waals surface area contributed by atoms with Crippen molar-refractivity contribution in [2.24, 2.45) is 0 Å². The van der Waals surface area contributed by atoms with Gasteiger partial charge in [-0.15, -0.1) is 0 Å². The summed E-state index contributed by atoms with van der Waals surface area (Å²) in [6, 6.07) is 13.6. The standard InChI is InChI=1S/C21H22N4O2/c26-20-6-2-10-25(20)11-3-9-22-21(27)17-5-1-4-15(12-17)16-7-8-18-19(13-16)24-14-23-18/h1,4-5,7-8,12-14H,2-3,6,9-11H2,(H,22,27)(H,23,24). The van der Waals surface area contributed by atoms with Gasteiger partial charge in [-0.3, -0.25) is 9.59 Å². The van der Waals surface area contributed by atoms with Crippen LogP contribution in [0.2, 0.25) is 0 Å². The number of rotatable bonds is 6. The predicted octanol–water partition coefficient (Wildman–Crippen LogP) is 2.97. The number of imidazole rings is 1. The number of aromatic nitrogens is 2. The van der Waals surface area contributed by atoms with Crippen molar-refractivity contribution in [2.45, 2.75) is 19.3 Å². The summed E-state index contributed by atoms with van der Waals surface area (Å²) in [5, 5.41) is 2.95. The Kier molecular flexibility index (Phi) is 4.87. The molecule has 2 heterocycles. The number of carbonyl (C=O) groups excluding carboxylic acids is 2. The number of nitrogens with one attached hydrogen (secondary N) is 2. The molecule has 1 fully saturated rings. The molecular formula is C21H22N4O2. The van der Waals surface area contributed by atoms with Gasteiger partial charge in [-0.2, -0.15) is 0 Å². The van der Waals surface area contributed by atoms with Crippen LogP contribution in [0.4, 0.5) is 0 Å². The molecule has 2 aromatic carbocycles. The topological polar surface area (TPSA) is 78.1 Å². The van der Waals surface area contributed by atoms with E-state index in [9.17, 15) is 9.59 Å². The Balaban J connectivity index is 1.37. The molecule has 4 rings (SSSR count). The van der Waals surface area contributed by atoms with E-state index in [1.807, 2.05) is 47.4 Å². The highest BCUT2D eigenvalue weighted by Gasteiger charge is 2.19. The van der Waals surface area contributed by atoms with Crippen LogP contribution in [0.25, 0.3) is 22.2 Å². The monoisotopic (exact) mass is 362 g/mol. The maximum absolute atomic E-state index is 12.5. The van der Waals surface area contributed by atoms with Gasteiger partial charge >= 0.3 is 0 Å². The van der Waals surface area contributed by atoms with E-state index in [4.69, 9.17) is 0 Å². The highest BCUT2D eigenvalue weighted by Crippen LogP contribution is 2.23. The number of nitrogens with zero attached hydrogens (tertiary/aromatic N) is 2. The first-order valence-corrected chi connectivity index (χ1v) is 9.30. The molecule has 6 heteroatoms. The van der Waals surface area contributed by atoms with Gasteiger partial charge in [-0.25, -0.2) is 4.98 Å². The van der Waals surface area contributed by atoms with Crippen LogP contribution in [0, 0.1) is 0 Å². The second kappa shape index (κ2) is 7.61. The number of H-pyrrole nitrogens is 1. The van der Waals surface area contributed by atoms with E-state index in [1.165, 1.54) is 0 Å². The van der Waals surface area contributed by atoms with Crippen molar-refractivity contribution in [3.63, 3.8) is 0 Å². The first kappa shape index (κ1) is 17.3. The first-order valence-electron chi connectivity index (χ1n) is 9.30. The Hall–Kier alpha value is -3.15. The first-order chi connectivity index (χ1) is 13.2. The molecule has 0 atom stereocenters. The Labute approximate surface area is 157 Å². The second-order valence-electron chi connectivity index (χ2n) is 6.81. The largest absolute Gasteiger partial charge is 0.352 e. The number of hydrogen-bond acceptors (Lipinski definition) is 3. The molecule has 0 aliphatic carbocycles. The van der Waals surface area contributed by atoms with Crippen molar-refractivity contribution in [1.29, 1.82) is 0 Å². The van der Waals surface area contributed by atoms with E-state index in [-0.39, 0.29) is 11.8 Å². The smallest absolute Gasteiger partial charge is 0.251 e. The van der Waals surface area contributed by atoms with Crippen molar-refractivity contribution >= 4 is 22.8 Å². The lowest BCUT2D eigenvalue weighted by Gasteiger charge is -2.15. The maximum Gasteiger partial charge on any atom is 0.251 e. The summed E-state index contributed by atoms with van der Waals surface area (Å²) in [6.45, 7) is 2.12. The van der Waals surface area contributed by atoms with Crippen LogP contribution in [0.3, 0.4) is 0 Å². The SMILES string of the molecule is O=C(NCCCN1CCCC1=O)c1cccc(-c2ccc3nc[nH]c3c2)c1. The van der Waals surface area contributed by atoms with Gasteiger partial charge < -0.3 is 15.2 Å². The Morgan fingerprint density at radius 2 is 2.07 bits per heavy atom. The quantitative estimate of drug-likeness (QED) is 0.662. The third-order valence-corrected chi connectivity index (χ3v) is 4.94. The minimum absolute atomic E-state index is 0.0905. The van der Waals surface area contributed by atoms with Gasteiger partial charge in [0.05, 0.1) is 17.4 Å². The van der Waals surface area contributed by atoms with Crippen LogP contribution in [0.1, 0.15) is 29.6 Å². The molecule has 0 unspecified atom stereocenters. The fourth-order valence-electron chi connectivity index (χ4n) is 3.47. The van der Waals surface area contributed by atoms with Gasteiger partial charge in [0.2, 0.25) is 5.91 Å². The fraction of sp³-hybridized carbons (Fsp3) is 0.286. The van der Waals surface area contributed by atoms with Crippen LogP contribution in [0.5, 0.6) is 0 Å². The van der Waals surface area contributed by atoms with Crippen LogP contribution >= 0.6 is 0 Å². The third kappa shape index (κ3) is 3.84. The number of benzene rings is 2. The minimum atomic E-state index is -0.0905. The lowest BCUT2D eigenvalue weighted by atomic mass is 10.0. The average Bonchev–Trinajstić information content (AvgIpc) is 3.33. The molecule has 6 nitrogen and oxygen atoms in total. The lowest BCUT2D eigenvalue weighted by molar-refractivity contribution is -0.127. The zero-order valence-electron chi connectivity index (χ0n) is 15.1. The zero-order valence-corrected chi connectivity index (χ0v) is 15.1. The van der Waals surface area contributed by atoms with Gasteiger partial charge in [0.25, 0.3) is 5.91 Å². The number of aromatic amines is 1. The van der Waals surface area contributed by atoms with E-state index in [0.29, 0.717) is 25.1 Å². The Morgan fingerprint density at radius 3 is 2.93 bits per heavy atom. The summed E-state index contributed by atoms with van der Waals surface area (Å²) in [7, 11) is 0. The molecule has 138 valence electrons. The number of hydrogen-bond donors (Lipinski definition) is 2. The van der Waals surface area contributed by atoms with Crippen molar-refractivity contribution in [1.82, 2.24) is 20.2 Å². The molecule has 1 saturated heterocycles. The number of fused-ring (bicyclic) bond motifs is 1. The molecule has 1 aromatic heterocycles. The fourth-order valence-corrected chi connectivity index (χ4v) is 3.47. The summed E-state index contributed by atoms with van der Waals surface area (Å²) in [5.41, 5.74) is 4.55. The Morgan fingerprint density at radius 1 is 1.19 bits per heavy atom. The molecule has 2 amide bonds. The second-order valence-corrected chi connectivity index (χ2v) is 6.81. The van der Waals surface area contributed by atoms with Crippen molar-refractivity contribution in [2.75, 3.05) is 19.6 Å². The summed E-state index contributed by atoms with van der Waals surface area (Å²) < 4.78 is 0. The molecule has 0 bridgehead atoms. The minimum Gasteiger partial charge on any atom is -0.352 e. The summed E-state index contributed by atoms with van der Waals surface area (Å²) in [6.07, 6.45) is 4.05. The van der Waals surface area contributed by atoms with E-state index in [2.05, 4.69) is 15.3 Å². The van der Waals surface area contributed by atoms with E-state index < -0.39 is 0 Å². The van der Waals surface area contributed by atoms with Gasteiger partial charge in [0.15, 0.2) is 0 Å². The van der Waals surface area contributed by atoms with Crippen molar-refractivity contribution in [3.8, 4) is 11.1 Å². The molecule has 1 aliphatic rings. The molecule has 0 saturated carbocycles. The predicted molar refractivity (Wildman–Crippen MR) is 104 cm³/mol. The van der Waals surface area contributed by atoms with E-state index in [1.54, 1.807) is 6.33 Å². The number of likely N-dealkylation sites (tertiary alicyclic amines) is 1. The van der Waals surface area contributed by atoms with Crippen LogP contribution in [0.15, 0.2) is 48.8 Å².